The summed E-state index contributed by atoms with van der Waals surface area (Å²) in [6, 6.07) is 7.43. The predicted molar refractivity (Wildman–Crippen MR) is 134 cm³/mol. The lowest BCUT2D eigenvalue weighted by Gasteiger charge is -2.37. The molecule has 2 aliphatic heterocycles. The Morgan fingerprint density at radius 3 is 2.68 bits per heavy atom. The van der Waals surface area contributed by atoms with Crippen LogP contribution in [-0.4, -0.2) is 67.0 Å². The number of hydrogen-bond acceptors (Lipinski definition) is 6. The first-order chi connectivity index (χ1) is 16.4. The van der Waals surface area contributed by atoms with Crippen molar-refractivity contribution >= 4 is 22.8 Å². The number of nitrogens with zero attached hydrogens (tertiary/aromatic N) is 3. The quantitative estimate of drug-likeness (QED) is 0.717. The topological polar surface area (TPSA) is 66.9 Å². The lowest BCUT2D eigenvalue weighted by Crippen LogP contribution is -2.49. The molecule has 7 nitrogen and oxygen atoms in total. The fourth-order valence-corrected chi connectivity index (χ4v) is 5.66. The molecule has 2 aromatic rings. The second-order valence-corrected chi connectivity index (χ2v) is 10.5. The summed E-state index contributed by atoms with van der Waals surface area (Å²) in [7, 11) is 0. The van der Waals surface area contributed by atoms with E-state index in [9.17, 15) is 4.79 Å². The van der Waals surface area contributed by atoms with Crippen LogP contribution in [0.4, 0.5) is 10.6 Å². The number of hydrogen-bond donors (Lipinski definition) is 1. The third kappa shape index (κ3) is 5.01. The molecule has 3 aliphatic rings. The van der Waals surface area contributed by atoms with E-state index in [0.717, 1.165) is 56.8 Å². The van der Waals surface area contributed by atoms with Crippen LogP contribution in [0, 0.1) is 0 Å². The van der Waals surface area contributed by atoms with Crippen molar-refractivity contribution in [3.63, 3.8) is 0 Å². The summed E-state index contributed by atoms with van der Waals surface area (Å²) in [4.78, 5) is 21.5. The summed E-state index contributed by atoms with van der Waals surface area (Å²) < 4.78 is 11.1. The Labute approximate surface area is 202 Å². The van der Waals surface area contributed by atoms with Gasteiger partial charge in [-0.3, -0.25) is 0 Å². The van der Waals surface area contributed by atoms with Gasteiger partial charge in [0.2, 0.25) is 0 Å². The summed E-state index contributed by atoms with van der Waals surface area (Å²) in [5.74, 6) is 1.05. The molecule has 2 saturated heterocycles. The summed E-state index contributed by atoms with van der Waals surface area (Å²) in [6.45, 7) is 11.0. The molecule has 1 N–H and O–H groups in total. The predicted octanol–water partition coefficient (Wildman–Crippen LogP) is 4.05. The molecule has 184 valence electrons. The minimum absolute atomic E-state index is 0.0790. The zero-order valence-electron chi connectivity index (χ0n) is 20.9. The molecule has 1 unspecified atom stereocenters. The van der Waals surface area contributed by atoms with Crippen LogP contribution in [0.5, 0.6) is 0 Å². The number of fused-ring (bicyclic) bond motifs is 2. The van der Waals surface area contributed by atoms with Gasteiger partial charge in [-0.2, -0.15) is 0 Å². The van der Waals surface area contributed by atoms with Crippen LogP contribution in [0.1, 0.15) is 56.7 Å². The summed E-state index contributed by atoms with van der Waals surface area (Å²) in [6.07, 6.45) is 5.40. The number of anilines is 1. The van der Waals surface area contributed by atoms with Gasteiger partial charge in [0, 0.05) is 56.3 Å². The average Bonchev–Trinajstić information content (AvgIpc) is 3.27. The van der Waals surface area contributed by atoms with E-state index < -0.39 is 0 Å². The van der Waals surface area contributed by atoms with E-state index in [4.69, 9.17) is 14.5 Å². The van der Waals surface area contributed by atoms with Gasteiger partial charge in [0.05, 0.1) is 17.7 Å². The van der Waals surface area contributed by atoms with E-state index in [2.05, 4.69) is 42.3 Å². The first kappa shape index (κ1) is 23.4. The number of nitrogens with one attached hydrogen (secondary N) is 1. The van der Waals surface area contributed by atoms with Crippen molar-refractivity contribution < 1.29 is 14.3 Å². The summed E-state index contributed by atoms with van der Waals surface area (Å²) >= 11 is 0. The Morgan fingerprint density at radius 2 is 1.94 bits per heavy atom. The Balaban J connectivity index is 1.39. The molecule has 0 bridgehead atoms. The van der Waals surface area contributed by atoms with Crippen LogP contribution in [0.3, 0.4) is 0 Å². The monoisotopic (exact) mass is 466 g/mol. The minimum Gasteiger partial charge on any atom is -0.450 e. The Kier molecular flexibility index (Phi) is 6.67. The van der Waals surface area contributed by atoms with Gasteiger partial charge in [-0.1, -0.05) is 0 Å². The highest BCUT2D eigenvalue weighted by atomic mass is 16.6. The first-order valence-electron chi connectivity index (χ1n) is 12.9. The largest absolute Gasteiger partial charge is 0.450 e. The highest BCUT2D eigenvalue weighted by Gasteiger charge is 2.29. The van der Waals surface area contributed by atoms with Crippen LogP contribution in [-0.2, 0) is 28.9 Å². The summed E-state index contributed by atoms with van der Waals surface area (Å²) in [5, 5.41) is 5.04. The molecule has 7 heteroatoms. The van der Waals surface area contributed by atoms with E-state index >= 15 is 0 Å². The molecule has 5 rings (SSSR count). The first-order valence-corrected chi connectivity index (χ1v) is 12.9. The zero-order valence-corrected chi connectivity index (χ0v) is 20.9. The van der Waals surface area contributed by atoms with Crippen LogP contribution >= 0.6 is 0 Å². The number of amides is 1. The molecule has 3 heterocycles. The van der Waals surface area contributed by atoms with Crippen LogP contribution < -0.4 is 10.2 Å². The number of carbonyl (C=O) groups is 1. The molecule has 1 aromatic heterocycles. The number of ether oxygens (including phenoxy) is 2. The van der Waals surface area contributed by atoms with E-state index in [1.54, 1.807) is 4.90 Å². The number of carbonyl (C=O) groups excluding carboxylic acids is 1. The second-order valence-electron chi connectivity index (χ2n) is 10.5. The summed E-state index contributed by atoms with van der Waals surface area (Å²) in [5.41, 5.74) is 5.17. The van der Waals surface area contributed by atoms with Gasteiger partial charge in [-0.05, 0) is 82.2 Å². The number of benzene rings is 1. The molecule has 0 radical (unpaired) electrons. The third-order valence-corrected chi connectivity index (χ3v) is 7.47. The van der Waals surface area contributed by atoms with Gasteiger partial charge in [0.1, 0.15) is 5.82 Å². The van der Waals surface area contributed by atoms with Crippen molar-refractivity contribution in [2.24, 2.45) is 0 Å². The fourth-order valence-electron chi connectivity index (χ4n) is 5.66. The van der Waals surface area contributed by atoms with Crippen molar-refractivity contribution in [1.29, 1.82) is 0 Å². The number of piperazine rings is 1. The lowest BCUT2D eigenvalue weighted by atomic mass is 9.94. The second kappa shape index (κ2) is 9.70. The molecule has 2 fully saturated rings. The smallest absolute Gasteiger partial charge is 0.409 e. The van der Waals surface area contributed by atoms with E-state index in [1.807, 2.05) is 6.92 Å². The van der Waals surface area contributed by atoms with Crippen LogP contribution in [0.25, 0.3) is 10.9 Å². The molecule has 1 aliphatic carbocycles. The molecular formula is C27H38N4O3. The van der Waals surface area contributed by atoms with Crippen molar-refractivity contribution in [2.75, 3.05) is 44.3 Å². The molecule has 34 heavy (non-hydrogen) atoms. The van der Waals surface area contributed by atoms with E-state index in [0.29, 0.717) is 25.7 Å². The average molecular weight is 467 g/mol. The van der Waals surface area contributed by atoms with Gasteiger partial charge < -0.3 is 24.6 Å². The number of aryl methyl sites for hydroxylation is 2. The SMILES string of the molecule is CCOC(=O)N1CCN(c2nc3cc4c(cc3cc2CNC2CCOC(C)(C)C2)CCC4)CC1. The van der Waals surface area contributed by atoms with Crippen molar-refractivity contribution in [2.45, 2.75) is 71.1 Å². The van der Waals surface area contributed by atoms with Gasteiger partial charge >= 0.3 is 6.09 Å². The molecule has 1 atom stereocenters. The van der Waals surface area contributed by atoms with Crippen molar-refractivity contribution in [3.8, 4) is 0 Å². The standard InChI is InChI=1S/C27H38N4O3/c1-4-33-26(32)31-11-9-30(10-12-31)25-22(18-28-23-8-13-34-27(2,3)17-23)15-21-14-19-6-5-7-20(19)16-24(21)29-25/h14-16,23,28H,4-13,17-18H2,1-3H3. The van der Waals surface area contributed by atoms with Gasteiger partial charge in [0.25, 0.3) is 0 Å². The maximum Gasteiger partial charge on any atom is 0.409 e. The maximum atomic E-state index is 12.2. The van der Waals surface area contributed by atoms with Crippen molar-refractivity contribution in [3.05, 3.63) is 34.9 Å². The Morgan fingerprint density at radius 1 is 1.18 bits per heavy atom. The molecule has 0 saturated carbocycles. The highest BCUT2D eigenvalue weighted by molar-refractivity contribution is 5.84. The normalized spacial score (nSPS) is 22.1. The minimum atomic E-state index is -0.215. The fraction of sp³-hybridized carbons (Fsp3) is 0.630. The van der Waals surface area contributed by atoms with E-state index in [-0.39, 0.29) is 11.7 Å². The van der Waals surface area contributed by atoms with Crippen LogP contribution in [0.2, 0.25) is 0 Å². The Hall–Kier alpha value is -2.38. The molecule has 1 aromatic carbocycles. The van der Waals surface area contributed by atoms with Gasteiger partial charge in [-0.15, -0.1) is 0 Å². The van der Waals surface area contributed by atoms with Crippen LogP contribution in [0.15, 0.2) is 18.2 Å². The Bertz CT molecular complexity index is 1050. The number of pyridine rings is 1. The molecule has 1 amide bonds. The molecule has 0 spiro atoms. The van der Waals surface area contributed by atoms with Crippen molar-refractivity contribution in [1.82, 2.24) is 15.2 Å². The number of aromatic nitrogens is 1. The van der Waals surface area contributed by atoms with Gasteiger partial charge in [0.15, 0.2) is 0 Å². The maximum absolute atomic E-state index is 12.2. The lowest BCUT2D eigenvalue weighted by molar-refractivity contribution is -0.0630. The van der Waals surface area contributed by atoms with Gasteiger partial charge in [-0.25, -0.2) is 9.78 Å². The highest BCUT2D eigenvalue weighted by Crippen LogP contribution is 2.31. The molecular weight excluding hydrogens is 428 g/mol. The third-order valence-electron chi connectivity index (χ3n) is 7.47. The zero-order chi connectivity index (χ0) is 23.7. The number of rotatable bonds is 5. The van der Waals surface area contributed by atoms with E-state index in [1.165, 1.54) is 34.9 Å².